The third kappa shape index (κ3) is 3.97. The van der Waals surface area contributed by atoms with Gasteiger partial charge in [-0.25, -0.2) is 9.78 Å². The number of aromatic nitrogens is 2. The van der Waals surface area contributed by atoms with E-state index in [1.165, 1.54) is 0 Å². The predicted molar refractivity (Wildman–Crippen MR) is 124 cm³/mol. The molecule has 1 N–H and O–H groups in total. The topological polar surface area (TPSA) is 55.1 Å². The lowest BCUT2D eigenvalue weighted by molar-refractivity contribution is -0.552. The molecule has 2 heterocycles. The van der Waals surface area contributed by atoms with Crippen molar-refractivity contribution < 1.29 is 14.1 Å². The van der Waals surface area contributed by atoms with Crippen LogP contribution >= 0.6 is 0 Å². The van der Waals surface area contributed by atoms with Crippen LogP contribution in [0.3, 0.4) is 0 Å². The van der Waals surface area contributed by atoms with E-state index >= 15 is 0 Å². The predicted octanol–water partition coefficient (Wildman–Crippen LogP) is 4.31. The van der Waals surface area contributed by atoms with Gasteiger partial charge in [0.2, 0.25) is 0 Å². The van der Waals surface area contributed by atoms with Gasteiger partial charge in [0, 0.05) is 18.4 Å². The van der Waals surface area contributed by atoms with Gasteiger partial charge in [-0.3, -0.25) is 5.32 Å². The van der Waals surface area contributed by atoms with Crippen LogP contribution in [-0.2, 0) is 12.8 Å². The van der Waals surface area contributed by atoms with Gasteiger partial charge in [-0.15, -0.1) is 0 Å². The summed E-state index contributed by atoms with van der Waals surface area (Å²) in [6.45, 7) is 0. The molecule has 0 bridgehead atoms. The molecule has 3 aromatic carbocycles. The first-order valence-electron chi connectivity index (χ1n) is 10.7. The van der Waals surface area contributed by atoms with Crippen molar-refractivity contribution in [3.05, 3.63) is 108 Å². The van der Waals surface area contributed by atoms with E-state index in [-0.39, 0.29) is 11.9 Å². The van der Waals surface area contributed by atoms with E-state index in [2.05, 4.69) is 17.4 Å². The van der Waals surface area contributed by atoms with Gasteiger partial charge in [0.25, 0.3) is 0 Å². The molecule has 0 radical (unpaired) electrons. The van der Waals surface area contributed by atoms with Crippen LogP contribution in [0.4, 0.5) is 5.82 Å². The molecule has 4 aromatic rings. The molecule has 5 heteroatoms. The number of carbonyl (C=O) groups is 1. The molecular weight excluding hydrogens is 398 g/mol. The average Bonchev–Trinajstić information content (AvgIpc) is 3.16. The minimum Gasteiger partial charge on any atom is -0.497 e. The molecule has 0 saturated heterocycles. The lowest BCUT2D eigenvalue weighted by Crippen LogP contribution is -2.44. The highest BCUT2D eigenvalue weighted by Crippen LogP contribution is 2.25. The molecule has 5 rings (SSSR count). The molecule has 1 unspecified atom stereocenters. The van der Waals surface area contributed by atoms with Gasteiger partial charge in [-0.2, -0.15) is 4.57 Å². The van der Waals surface area contributed by atoms with Gasteiger partial charge in [0.05, 0.1) is 7.11 Å². The van der Waals surface area contributed by atoms with E-state index in [1.807, 2.05) is 79.0 Å². The summed E-state index contributed by atoms with van der Waals surface area (Å²) >= 11 is 0. The monoisotopic (exact) mass is 422 g/mol. The van der Waals surface area contributed by atoms with Crippen molar-refractivity contribution in [3.63, 3.8) is 0 Å². The number of hydrogen-bond donors (Lipinski definition) is 1. The summed E-state index contributed by atoms with van der Waals surface area (Å²) in [5.41, 5.74) is 4.87. The zero-order chi connectivity index (χ0) is 21.9. The molecule has 1 aliphatic rings. The second-order valence-corrected chi connectivity index (χ2v) is 7.91. The molecule has 0 saturated carbocycles. The number of anilines is 1. The molecule has 0 amide bonds. The van der Waals surface area contributed by atoms with Crippen molar-refractivity contribution in [1.29, 1.82) is 0 Å². The Labute approximate surface area is 187 Å². The second-order valence-electron chi connectivity index (χ2n) is 7.91. The maximum Gasteiger partial charge on any atom is 0.359 e. The lowest BCUT2D eigenvalue weighted by Gasteiger charge is -2.07. The highest BCUT2D eigenvalue weighted by molar-refractivity contribution is 5.82. The minimum absolute atomic E-state index is 0.0321. The van der Waals surface area contributed by atoms with Crippen LogP contribution in [0.5, 0.6) is 5.75 Å². The van der Waals surface area contributed by atoms with Gasteiger partial charge in [-0.1, -0.05) is 72.8 Å². The quantitative estimate of drug-likeness (QED) is 0.471. The van der Waals surface area contributed by atoms with Crippen LogP contribution in [0.15, 0.2) is 91.1 Å². The fourth-order valence-electron chi connectivity index (χ4n) is 4.07. The zero-order valence-corrected chi connectivity index (χ0v) is 17.9. The SMILES string of the molecule is COc1ccc(CC2Nc3c(Cc4ccccc4)nc(-c4ccccc4)c[n+]3C2=O)cc1. The van der Waals surface area contributed by atoms with E-state index in [0.29, 0.717) is 12.8 Å². The van der Waals surface area contributed by atoms with Crippen molar-refractivity contribution >= 4 is 11.7 Å². The van der Waals surface area contributed by atoms with Crippen LogP contribution in [0, 0.1) is 0 Å². The highest BCUT2D eigenvalue weighted by Gasteiger charge is 2.41. The normalized spacial score (nSPS) is 14.7. The van der Waals surface area contributed by atoms with Gasteiger partial charge in [-0.05, 0) is 23.3 Å². The number of rotatable bonds is 6. The Balaban J connectivity index is 1.51. The van der Waals surface area contributed by atoms with E-state index in [9.17, 15) is 4.79 Å². The van der Waals surface area contributed by atoms with E-state index in [0.717, 1.165) is 39.6 Å². The molecule has 0 spiro atoms. The Hall–Kier alpha value is -3.99. The van der Waals surface area contributed by atoms with Crippen LogP contribution in [-0.4, -0.2) is 24.0 Å². The van der Waals surface area contributed by atoms with Crippen molar-refractivity contribution in [2.24, 2.45) is 0 Å². The number of methoxy groups -OCH3 is 1. The Kier molecular flexibility index (Phi) is 5.38. The number of fused-ring (bicyclic) bond motifs is 1. The van der Waals surface area contributed by atoms with Crippen LogP contribution in [0.2, 0.25) is 0 Å². The Morgan fingerprint density at radius 3 is 2.28 bits per heavy atom. The van der Waals surface area contributed by atoms with Crippen LogP contribution in [0.1, 0.15) is 21.6 Å². The van der Waals surface area contributed by atoms with Gasteiger partial charge < -0.3 is 4.74 Å². The summed E-state index contributed by atoms with van der Waals surface area (Å²) in [5.74, 6) is 1.61. The minimum atomic E-state index is -0.342. The fourth-order valence-corrected chi connectivity index (χ4v) is 4.07. The summed E-state index contributed by atoms with van der Waals surface area (Å²) < 4.78 is 6.98. The summed E-state index contributed by atoms with van der Waals surface area (Å²) in [7, 11) is 1.65. The Morgan fingerprint density at radius 2 is 1.59 bits per heavy atom. The molecule has 158 valence electrons. The maximum absolute atomic E-state index is 13.4. The molecule has 0 fully saturated rings. The molecule has 1 aliphatic heterocycles. The van der Waals surface area contributed by atoms with E-state index in [4.69, 9.17) is 9.72 Å². The first kappa shape index (κ1) is 19.9. The standard InChI is InChI=1S/C27H23N3O2/c1-32-22-14-12-20(13-15-22)17-24-27(31)30-18-25(21-10-6-3-7-11-21)28-23(26(30)29-24)16-19-8-4-2-5-9-19/h2-15,18,24H,16-17H2,1H3/p+1. The van der Waals surface area contributed by atoms with Gasteiger partial charge in [0.15, 0.2) is 6.04 Å². The van der Waals surface area contributed by atoms with E-state index in [1.54, 1.807) is 11.7 Å². The van der Waals surface area contributed by atoms with Gasteiger partial charge in [0.1, 0.15) is 23.3 Å². The van der Waals surface area contributed by atoms with Gasteiger partial charge >= 0.3 is 11.7 Å². The number of nitrogens with zero attached hydrogens (tertiary/aromatic N) is 2. The van der Waals surface area contributed by atoms with Crippen LogP contribution in [0.25, 0.3) is 11.3 Å². The average molecular weight is 423 g/mol. The highest BCUT2D eigenvalue weighted by atomic mass is 16.5. The number of benzene rings is 3. The van der Waals surface area contributed by atoms with Crippen molar-refractivity contribution in [2.75, 3.05) is 12.4 Å². The lowest BCUT2D eigenvalue weighted by atomic mass is 10.1. The maximum atomic E-state index is 13.4. The van der Waals surface area contributed by atoms with Crippen molar-refractivity contribution in [1.82, 2.24) is 4.98 Å². The third-order valence-corrected chi connectivity index (χ3v) is 5.75. The molecule has 32 heavy (non-hydrogen) atoms. The second kappa shape index (κ2) is 8.63. The van der Waals surface area contributed by atoms with Crippen molar-refractivity contribution in [2.45, 2.75) is 18.9 Å². The Bertz CT molecular complexity index is 1240. The smallest absolute Gasteiger partial charge is 0.359 e. The molecular formula is C27H24N3O2+. The molecule has 1 atom stereocenters. The van der Waals surface area contributed by atoms with Crippen LogP contribution < -0.4 is 14.6 Å². The first-order chi connectivity index (χ1) is 15.7. The summed E-state index contributed by atoms with van der Waals surface area (Å²) in [6.07, 6.45) is 3.09. The fraction of sp³-hybridized carbons (Fsp3) is 0.148. The van der Waals surface area contributed by atoms with Crippen molar-refractivity contribution in [3.8, 4) is 17.0 Å². The molecule has 0 aliphatic carbocycles. The molecule has 5 nitrogen and oxygen atoms in total. The summed E-state index contributed by atoms with van der Waals surface area (Å²) in [6, 6.07) is 27.7. The number of nitrogens with one attached hydrogen (secondary N) is 1. The van der Waals surface area contributed by atoms with E-state index < -0.39 is 0 Å². The first-order valence-corrected chi connectivity index (χ1v) is 10.7. The number of ether oxygens (including phenoxy) is 1. The zero-order valence-electron chi connectivity index (χ0n) is 17.9. The number of hydrogen-bond acceptors (Lipinski definition) is 4. The third-order valence-electron chi connectivity index (χ3n) is 5.75. The largest absolute Gasteiger partial charge is 0.497 e. The number of carbonyl (C=O) groups excluding carboxylic acids is 1. The summed E-state index contributed by atoms with van der Waals surface area (Å²) in [4.78, 5) is 18.3. The Morgan fingerprint density at radius 1 is 0.906 bits per heavy atom. The molecule has 1 aromatic heterocycles. The summed E-state index contributed by atoms with van der Waals surface area (Å²) in [5, 5.41) is 3.45.